The smallest absolute Gasteiger partial charge is 0.337 e. The minimum atomic E-state index is -1.17. The molecule has 4 rings (SSSR count). The molecule has 33 heavy (non-hydrogen) atoms. The Kier molecular flexibility index (Phi) is 6.38. The highest BCUT2D eigenvalue weighted by molar-refractivity contribution is 6.05. The molecule has 0 saturated carbocycles. The molecule has 172 valence electrons. The standard InChI is InChI=1S/C27H29NO5/c1-17(2)19-12-10-18(11-13-19)16-22(28-20-8-6-5-7-9-20)27-15-14-21(33-27)23(25(29)31-3)24(27)26(30)32-4/h5-15,17,21-22,28H,16H2,1-4H3. The number of rotatable bonds is 8. The maximum absolute atomic E-state index is 12.9. The summed E-state index contributed by atoms with van der Waals surface area (Å²) in [4.78, 5) is 25.5. The first kappa shape index (κ1) is 22.8. The first-order valence-electron chi connectivity index (χ1n) is 11.1. The van der Waals surface area contributed by atoms with Crippen LogP contribution in [0.15, 0.2) is 77.9 Å². The molecule has 0 aromatic heterocycles. The van der Waals surface area contributed by atoms with Gasteiger partial charge in [0.25, 0.3) is 0 Å². The van der Waals surface area contributed by atoms with E-state index in [1.807, 2.05) is 36.4 Å². The number of carbonyl (C=O) groups is 2. The summed E-state index contributed by atoms with van der Waals surface area (Å²) in [5.41, 5.74) is 2.43. The number of nitrogens with one attached hydrogen (secondary N) is 1. The lowest BCUT2D eigenvalue weighted by molar-refractivity contribution is -0.139. The lowest BCUT2D eigenvalue weighted by Crippen LogP contribution is -2.49. The molecule has 3 unspecified atom stereocenters. The molecule has 0 radical (unpaired) electrons. The molecule has 0 fully saturated rings. The normalized spacial score (nSPS) is 21.9. The van der Waals surface area contributed by atoms with Crippen LogP contribution in [-0.2, 0) is 30.2 Å². The van der Waals surface area contributed by atoms with Gasteiger partial charge in [-0.3, -0.25) is 0 Å². The van der Waals surface area contributed by atoms with Crippen LogP contribution >= 0.6 is 0 Å². The maximum atomic E-state index is 12.9. The van der Waals surface area contributed by atoms with E-state index in [0.29, 0.717) is 12.3 Å². The van der Waals surface area contributed by atoms with E-state index in [-0.39, 0.29) is 17.2 Å². The highest BCUT2D eigenvalue weighted by Gasteiger charge is 2.58. The molecule has 0 spiro atoms. The quantitative estimate of drug-likeness (QED) is 0.483. The van der Waals surface area contributed by atoms with Crippen LogP contribution in [0.5, 0.6) is 0 Å². The van der Waals surface area contributed by atoms with Crippen molar-refractivity contribution >= 4 is 17.6 Å². The van der Waals surface area contributed by atoms with Crippen molar-refractivity contribution in [1.82, 2.24) is 0 Å². The van der Waals surface area contributed by atoms with Crippen molar-refractivity contribution in [2.45, 2.75) is 43.9 Å². The number of esters is 2. The predicted molar refractivity (Wildman–Crippen MR) is 126 cm³/mol. The fourth-order valence-corrected chi connectivity index (χ4v) is 4.56. The summed E-state index contributed by atoms with van der Waals surface area (Å²) in [5.74, 6) is -0.757. The molecular weight excluding hydrogens is 418 g/mol. The molecule has 0 amide bonds. The van der Waals surface area contributed by atoms with Crippen molar-refractivity contribution in [2.24, 2.45) is 0 Å². The topological polar surface area (TPSA) is 73.9 Å². The molecular formula is C27H29NO5. The number of hydrogen-bond acceptors (Lipinski definition) is 6. The number of methoxy groups -OCH3 is 2. The van der Waals surface area contributed by atoms with E-state index < -0.39 is 23.6 Å². The molecule has 2 aliphatic heterocycles. The van der Waals surface area contributed by atoms with Crippen LogP contribution in [0, 0.1) is 0 Å². The van der Waals surface area contributed by atoms with Gasteiger partial charge in [-0.05, 0) is 41.7 Å². The second kappa shape index (κ2) is 9.24. The zero-order valence-corrected chi connectivity index (χ0v) is 19.3. The fraction of sp³-hybridized carbons (Fsp3) is 0.333. The average molecular weight is 448 g/mol. The van der Waals surface area contributed by atoms with Crippen LogP contribution in [0.2, 0.25) is 0 Å². The molecule has 0 saturated heterocycles. The summed E-state index contributed by atoms with van der Waals surface area (Å²) in [6, 6.07) is 17.8. The third-order valence-electron chi connectivity index (χ3n) is 6.30. The lowest BCUT2D eigenvalue weighted by atomic mass is 9.79. The molecule has 2 aromatic carbocycles. The van der Waals surface area contributed by atoms with E-state index in [0.717, 1.165) is 11.3 Å². The largest absolute Gasteiger partial charge is 0.466 e. The zero-order valence-electron chi connectivity index (χ0n) is 19.3. The zero-order chi connectivity index (χ0) is 23.6. The van der Waals surface area contributed by atoms with Crippen molar-refractivity contribution < 1.29 is 23.8 Å². The van der Waals surface area contributed by atoms with Crippen molar-refractivity contribution in [3.8, 4) is 0 Å². The molecule has 2 bridgehead atoms. The molecule has 2 aromatic rings. The Morgan fingerprint density at radius 3 is 2.27 bits per heavy atom. The third kappa shape index (κ3) is 4.18. The maximum Gasteiger partial charge on any atom is 0.337 e. The number of ether oxygens (including phenoxy) is 3. The summed E-state index contributed by atoms with van der Waals surface area (Å²) >= 11 is 0. The third-order valence-corrected chi connectivity index (χ3v) is 6.30. The minimum absolute atomic E-state index is 0.191. The van der Waals surface area contributed by atoms with E-state index in [2.05, 4.69) is 43.4 Å². The molecule has 6 heteroatoms. The Bertz CT molecular complexity index is 1090. The van der Waals surface area contributed by atoms with Crippen LogP contribution in [0.25, 0.3) is 0 Å². The number of para-hydroxylation sites is 1. The van der Waals surface area contributed by atoms with E-state index in [1.165, 1.54) is 19.8 Å². The fourth-order valence-electron chi connectivity index (χ4n) is 4.56. The first-order valence-corrected chi connectivity index (χ1v) is 11.1. The van der Waals surface area contributed by atoms with Gasteiger partial charge in [0.05, 0.1) is 31.4 Å². The van der Waals surface area contributed by atoms with Gasteiger partial charge in [-0.15, -0.1) is 0 Å². The monoisotopic (exact) mass is 447 g/mol. The highest BCUT2D eigenvalue weighted by atomic mass is 16.6. The van der Waals surface area contributed by atoms with Gasteiger partial charge >= 0.3 is 11.9 Å². The molecule has 0 aliphatic carbocycles. The molecule has 2 aliphatic rings. The van der Waals surface area contributed by atoms with Crippen molar-refractivity contribution in [2.75, 3.05) is 19.5 Å². The first-order chi connectivity index (χ1) is 15.9. The Morgan fingerprint density at radius 2 is 1.67 bits per heavy atom. The SMILES string of the molecule is COC(=O)C1=C(C(=O)OC)C2(C(Cc3ccc(C(C)C)cc3)Nc3ccccc3)C=CC1O2. The number of hydrogen-bond donors (Lipinski definition) is 1. The second-order valence-corrected chi connectivity index (χ2v) is 8.63. The average Bonchev–Trinajstić information content (AvgIpc) is 3.42. The highest BCUT2D eigenvalue weighted by Crippen LogP contribution is 2.47. The molecule has 3 atom stereocenters. The van der Waals surface area contributed by atoms with Gasteiger partial charge in [0.1, 0.15) is 11.7 Å². The van der Waals surface area contributed by atoms with Crippen molar-refractivity contribution in [3.05, 3.63) is 89.0 Å². The summed E-state index contributed by atoms with van der Waals surface area (Å²) in [7, 11) is 2.60. The van der Waals surface area contributed by atoms with E-state index in [4.69, 9.17) is 14.2 Å². The molecule has 6 nitrogen and oxygen atoms in total. The van der Waals surface area contributed by atoms with Gasteiger partial charge in [-0.1, -0.05) is 62.4 Å². The summed E-state index contributed by atoms with van der Waals surface area (Å²) in [6.45, 7) is 4.32. The van der Waals surface area contributed by atoms with Crippen LogP contribution < -0.4 is 5.32 Å². The Hall–Kier alpha value is -3.38. The van der Waals surface area contributed by atoms with Crippen LogP contribution in [0.4, 0.5) is 5.69 Å². The van der Waals surface area contributed by atoms with Crippen molar-refractivity contribution in [3.63, 3.8) is 0 Å². The summed E-state index contributed by atoms with van der Waals surface area (Å²) in [5, 5.41) is 3.54. The van der Waals surface area contributed by atoms with E-state index in [9.17, 15) is 9.59 Å². The number of benzene rings is 2. The van der Waals surface area contributed by atoms with Gasteiger partial charge in [-0.25, -0.2) is 9.59 Å². The summed E-state index contributed by atoms with van der Waals surface area (Å²) < 4.78 is 16.4. The Labute approximate surface area is 194 Å². The summed E-state index contributed by atoms with van der Waals surface area (Å²) in [6.07, 6.45) is 3.56. The van der Waals surface area contributed by atoms with Gasteiger partial charge in [0.2, 0.25) is 0 Å². The molecule has 1 N–H and O–H groups in total. The second-order valence-electron chi connectivity index (χ2n) is 8.63. The van der Waals surface area contributed by atoms with Gasteiger partial charge in [-0.2, -0.15) is 0 Å². The Balaban J connectivity index is 1.78. The number of anilines is 1. The van der Waals surface area contributed by atoms with Crippen molar-refractivity contribution in [1.29, 1.82) is 0 Å². The minimum Gasteiger partial charge on any atom is -0.466 e. The number of carbonyl (C=O) groups excluding carboxylic acids is 2. The lowest BCUT2D eigenvalue weighted by Gasteiger charge is -2.36. The van der Waals surface area contributed by atoms with E-state index >= 15 is 0 Å². The van der Waals surface area contributed by atoms with Crippen LogP contribution in [0.1, 0.15) is 30.9 Å². The van der Waals surface area contributed by atoms with Gasteiger partial charge < -0.3 is 19.5 Å². The van der Waals surface area contributed by atoms with Crippen LogP contribution in [0.3, 0.4) is 0 Å². The number of fused-ring (bicyclic) bond motifs is 2. The van der Waals surface area contributed by atoms with E-state index in [1.54, 1.807) is 6.08 Å². The van der Waals surface area contributed by atoms with Gasteiger partial charge in [0, 0.05) is 5.69 Å². The Morgan fingerprint density at radius 1 is 1.00 bits per heavy atom. The van der Waals surface area contributed by atoms with Gasteiger partial charge in [0.15, 0.2) is 0 Å². The van der Waals surface area contributed by atoms with Crippen LogP contribution in [-0.4, -0.2) is 43.9 Å². The predicted octanol–water partition coefficient (Wildman–Crippen LogP) is 4.18. The molecule has 2 heterocycles.